The van der Waals surface area contributed by atoms with Gasteiger partial charge < -0.3 is 15.8 Å². The highest BCUT2D eigenvalue weighted by Gasteiger charge is 2.38. The quantitative estimate of drug-likeness (QED) is 0.896. The Labute approximate surface area is 126 Å². The molecule has 4 nitrogen and oxygen atoms in total. The van der Waals surface area contributed by atoms with Crippen LogP contribution < -0.4 is 15.8 Å². The number of amides is 1. The zero-order chi connectivity index (χ0) is 15.0. The van der Waals surface area contributed by atoms with E-state index in [-0.39, 0.29) is 17.4 Å². The Balaban J connectivity index is 1.80. The number of hydrogen-bond acceptors (Lipinski definition) is 3. The Morgan fingerprint density at radius 1 is 1.33 bits per heavy atom. The van der Waals surface area contributed by atoms with Gasteiger partial charge in [0.05, 0.1) is 5.54 Å². The molecule has 3 rings (SSSR count). The van der Waals surface area contributed by atoms with Crippen LogP contribution in [0.2, 0.25) is 0 Å². The molecule has 21 heavy (non-hydrogen) atoms. The van der Waals surface area contributed by atoms with E-state index in [2.05, 4.69) is 25.2 Å². The third-order valence-electron chi connectivity index (χ3n) is 5.06. The minimum atomic E-state index is -0.205. The summed E-state index contributed by atoms with van der Waals surface area (Å²) in [5, 5.41) is 3.22. The van der Waals surface area contributed by atoms with Gasteiger partial charge in [-0.05, 0) is 43.9 Å². The summed E-state index contributed by atoms with van der Waals surface area (Å²) in [6.45, 7) is 5.09. The van der Waals surface area contributed by atoms with Crippen molar-refractivity contribution in [1.29, 1.82) is 0 Å². The van der Waals surface area contributed by atoms with Crippen molar-refractivity contribution in [3.8, 4) is 5.75 Å². The first kappa shape index (κ1) is 14.4. The van der Waals surface area contributed by atoms with Crippen LogP contribution in [0.4, 0.5) is 0 Å². The van der Waals surface area contributed by atoms with Crippen LogP contribution >= 0.6 is 0 Å². The van der Waals surface area contributed by atoms with Gasteiger partial charge in [-0.1, -0.05) is 18.9 Å². The lowest BCUT2D eigenvalue weighted by atomic mass is 9.93. The van der Waals surface area contributed by atoms with Crippen molar-refractivity contribution in [3.05, 3.63) is 28.8 Å². The normalized spacial score (nSPS) is 22.7. The van der Waals surface area contributed by atoms with Crippen molar-refractivity contribution in [3.63, 3.8) is 0 Å². The number of fused-ring (bicyclic) bond motifs is 1. The van der Waals surface area contributed by atoms with Crippen LogP contribution in [-0.4, -0.2) is 24.6 Å². The maximum Gasteiger partial charge on any atom is 0.231 e. The average molecular weight is 288 g/mol. The largest absolute Gasteiger partial charge is 0.492 e. The zero-order valence-electron chi connectivity index (χ0n) is 12.9. The number of carbonyl (C=O) groups excluding carboxylic acids is 1. The number of aryl methyl sites for hydroxylation is 2. The highest BCUT2D eigenvalue weighted by molar-refractivity contribution is 5.86. The fourth-order valence-electron chi connectivity index (χ4n) is 3.47. The first-order valence-corrected chi connectivity index (χ1v) is 7.81. The molecule has 0 saturated heterocycles. The van der Waals surface area contributed by atoms with Crippen molar-refractivity contribution >= 4 is 5.91 Å². The van der Waals surface area contributed by atoms with E-state index < -0.39 is 0 Å². The van der Waals surface area contributed by atoms with E-state index in [0.29, 0.717) is 13.2 Å². The van der Waals surface area contributed by atoms with Gasteiger partial charge in [0.1, 0.15) is 18.3 Å². The van der Waals surface area contributed by atoms with E-state index >= 15 is 0 Å². The van der Waals surface area contributed by atoms with Crippen LogP contribution in [0.25, 0.3) is 0 Å². The third-order valence-corrected chi connectivity index (χ3v) is 5.06. The molecule has 1 fully saturated rings. The van der Waals surface area contributed by atoms with E-state index in [4.69, 9.17) is 10.5 Å². The molecule has 1 aliphatic carbocycles. The highest BCUT2D eigenvalue weighted by Crippen LogP contribution is 2.37. The number of ether oxygens (including phenoxy) is 1. The van der Waals surface area contributed by atoms with Gasteiger partial charge in [0, 0.05) is 12.1 Å². The minimum Gasteiger partial charge on any atom is -0.492 e. The van der Waals surface area contributed by atoms with Crippen LogP contribution in [0.15, 0.2) is 12.1 Å². The topological polar surface area (TPSA) is 64.4 Å². The summed E-state index contributed by atoms with van der Waals surface area (Å²) in [5.74, 6) is 0.708. The Kier molecular flexibility index (Phi) is 3.66. The Bertz CT molecular complexity index is 562. The molecular formula is C17H24N2O2. The van der Waals surface area contributed by atoms with Crippen molar-refractivity contribution in [2.24, 2.45) is 5.73 Å². The van der Waals surface area contributed by atoms with E-state index in [1.54, 1.807) is 0 Å². The van der Waals surface area contributed by atoms with Gasteiger partial charge in [-0.3, -0.25) is 4.79 Å². The smallest absolute Gasteiger partial charge is 0.231 e. The molecule has 2 aliphatic rings. The average Bonchev–Trinajstić information content (AvgIpc) is 3.07. The Morgan fingerprint density at radius 3 is 2.67 bits per heavy atom. The van der Waals surface area contributed by atoms with Crippen LogP contribution in [0.1, 0.15) is 48.3 Å². The van der Waals surface area contributed by atoms with E-state index in [9.17, 15) is 4.79 Å². The SMILES string of the molecule is Cc1cc2c(cc1C)C(C(=O)NC1(CN)CCCC1)CO2. The predicted molar refractivity (Wildman–Crippen MR) is 82.5 cm³/mol. The molecule has 1 unspecified atom stereocenters. The first-order valence-electron chi connectivity index (χ1n) is 7.81. The van der Waals surface area contributed by atoms with Gasteiger partial charge in [-0.15, -0.1) is 0 Å². The molecule has 0 aromatic heterocycles. The molecule has 1 saturated carbocycles. The number of benzene rings is 1. The number of nitrogens with one attached hydrogen (secondary N) is 1. The molecule has 1 amide bonds. The molecule has 1 heterocycles. The lowest BCUT2D eigenvalue weighted by molar-refractivity contribution is -0.124. The van der Waals surface area contributed by atoms with Crippen LogP contribution in [0.3, 0.4) is 0 Å². The molecule has 114 valence electrons. The van der Waals surface area contributed by atoms with Gasteiger partial charge in [0.25, 0.3) is 0 Å². The van der Waals surface area contributed by atoms with Crippen LogP contribution in [0, 0.1) is 13.8 Å². The van der Waals surface area contributed by atoms with Crippen molar-refractivity contribution in [2.75, 3.05) is 13.2 Å². The zero-order valence-corrected chi connectivity index (χ0v) is 12.9. The molecule has 1 aromatic carbocycles. The number of carbonyl (C=O) groups is 1. The van der Waals surface area contributed by atoms with Crippen molar-refractivity contribution < 1.29 is 9.53 Å². The van der Waals surface area contributed by atoms with Crippen molar-refractivity contribution in [2.45, 2.75) is 51.0 Å². The summed E-state index contributed by atoms with van der Waals surface area (Å²) in [6.07, 6.45) is 4.27. The van der Waals surface area contributed by atoms with E-state index in [0.717, 1.165) is 37.0 Å². The molecule has 1 atom stereocenters. The molecule has 1 aromatic rings. The predicted octanol–water partition coefficient (Wildman–Crippen LogP) is 2.17. The fourth-order valence-corrected chi connectivity index (χ4v) is 3.47. The van der Waals surface area contributed by atoms with Gasteiger partial charge in [-0.2, -0.15) is 0 Å². The molecule has 0 radical (unpaired) electrons. The number of rotatable bonds is 3. The minimum absolute atomic E-state index is 0.0596. The lowest BCUT2D eigenvalue weighted by Crippen LogP contribution is -2.53. The summed E-state index contributed by atoms with van der Waals surface area (Å²) in [6, 6.07) is 4.12. The van der Waals surface area contributed by atoms with Gasteiger partial charge in [-0.25, -0.2) is 0 Å². The van der Waals surface area contributed by atoms with Crippen molar-refractivity contribution in [1.82, 2.24) is 5.32 Å². The summed E-state index contributed by atoms with van der Waals surface area (Å²) >= 11 is 0. The van der Waals surface area contributed by atoms with Crippen LogP contribution in [0.5, 0.6) is 5.75 Å². The number of nitrogens with two attached hydrogens (primary N) is 1. The van der Waals surface area contributed by atoms with Gasteiger partial charge >= 0.3 is 0 Å². The maximum atomic E-state index is 12.7. The van der Waals surface area contributed by atoms with Crippen LogP contribution in [-0.2, 0) is 4.79 Å². The standard InChI is InChI=1S/C17H24N2O2/c1-11-7-13-14(9-21-15(13)8-12(11)2)16(20)19-17(10-18)5-3-4-6-17/h7-8,14H,3-6,9-10,18H2,1-2H3,(H,19,20). The lowest BCUT2D eigenvalue weighted by Gasteiger charge is -2.30. The summed E-state index contributed by atoms with van der Waals surface area (Å²) in [7, 11) is 0. The Morgan fingerprint density at radius 2 is 2.00 bits per heavy atom. The molecule has 3 N–H and O–H groups in total. The number of hydrogen-bond donors (Lipinski definition) is 2. The van der Waals surface area contributed by atoms with E-state index in [1.807, 2.05) is 6.07 Å². The second kappa shape index (κ2) is 5.34. The Hall–Kier alpha value is -1.55. The monoisotopic (exact) mass is 288 g/mol. The third kappa shape index (κ3) is 2.53. The molecule has 4 heteroatoms. The van der Waals surface area contributed by atoms with Gasteiger partial charge in [0.15, 0.2) is 0 Å². The summed E-state index contributed by atoms with van der Waals surface area (Å²) < 4.78 is 5.71. The molecule has 1 aliphatic heterocycles. The fraction of sp³-hybridized carbons (Fsp3) is 0.588. The second-order valence-electron chi connectivity index (χ2n) is 6.52. The summed E-state index contributed by atoms with van der Waals surface area (Å²) in [4.78, 5) is 12.7. The summed E-state index contributed by atoms with van der Waals surface area (Å²) in [5.41, 5.74) is 9.13. The van der Waals surface area contributed by atoms with Gasteiger partial charge in [0.2, 0.25) is 5.91 Å². The maximum absolute atomic E-state index is 12.7. The highest BCUT2D eigenvalue weighted by atomic mass is 16.5. The van der Waals surface area contributed by atoms with E-state index in [1.165, 1.54) is 11.1 Å². The molecule has 0 bridgehead atoms. The molecule has 0 spiro atoms. The molecular weight excluding hydrogens is 264 g/mol. The second-order valence-corrected chi connectivity index (χ2v) is 6.52. The first-order chi connectivity index (χ1) is 10.0.